The number of ether oxygens (including phenoxy) is 1. The summed E-state index contributed by atoms with van der Waals surface area (Å²) in [6, 6.07) is 14.6. The summed E-state index contributed by atoms with van der Waals surface area (Å²) in [5.74, 6) is 2.31. The standard InChI is InChI=1S/C19H25NO/c1-5-20-13-16-10-11-17(12-15(16)4)21-19-9-7-6-8-18(19)14(2)3/h6-12,14,20H,5,13H2,1-4H3. The monoisotopic (exact) mass is 283 g/mol. The lowest BCUT2D eigenvalue weighted by atomic mass is 10.0. The van der Waals surface area contributed by atoms with Crippen molar-refractivity contribution in [2.45, 2.75) is 40.2 Å². The van der Waals surface area contributed by atoms with Crippen molar-refractivity contribution in [3.05, 3.63) is 59.2 Å². The molecule has 0 aromatic heterocycles. The van der Waals surface area contributed by atoms with Crippen LogP contribution in [0.25, 0.3) is 0 Å². The average molecular weight is 283 g/mol. The van der Waals surface area contributed by atoms with E-state index in [1.807, 2.05) is 12.1 Å². The van der Waals surface area contributed by atoms with Crippen LogP contribution in [-0.4, -0.2) is 6.54 Å². The maximum atomic E-state index is 6.09. The lowest BCUT2D eigenvalue weighted by Gasteiger charge is -2.15. The molecule has 0 spiro atoms. The SMILES string of the molecule is CCNCc1ccc(Oc2ccccc2C(C)C)cc1C. The number of para-hydroxylation sites is 1. The van der Waals surface area contributed by atoms with Crippen LogP contribution in [0, 0.1) is 6.92 Å². The summed E-state index contributed by atoms with van der Waals surface area (Å²) in [7, 11) is 0. The van der Waals surface area contributed by atoms with Crippen LogP contribution in [-0.2, 0) is 6.54 Å². The lowest BCUT2D eigenvalue weighted by molar-refractivity contribution is 0.472. The first-order chi connectivity index (χ1) is 10.1. The van der Waals surface area contributed by atoms with Crippen LogP contribution >= 0.6 is 0 Å². The van der Waals surface area contributed by atoms with Gasteiger partial charge in [-0.3, -0.25) is 0 Å². The van der Waals surface area contributed by atoms with Crippen molar-refractivity contribution in [2.75, 3.05) is 6.54 Å². The summed E-state index contributed by atoms with van der Waals surface area (Å²) in [4.78, 5) is 0. The van der Waals surface area contributed by atoms with E-state index in [-0.39, 0.29) is 0 Å². The molecule has 2 heteroatoms. The van der Waals surface area contributed by atoms with Crippen LogP contribution in [0.5, 0.6) is 11.5 Å². The molecule has 0 aliphatic rings. The minimum absolute atomic E-state index is 0.454. The molecule has 2 rings (SSSR count). The zero-order valence-electron chi connectivity index (χ0n) is 13.4. The molecule has 0 heterocycles. The first-order valence-corrected chi connectivity index (χ1v) is 7.68. The van der Waals surface area contributed by atoms with Gasteiger partial charge in [0.25, 0.3) is 0 Å². The highest BCUT2D eigenvalue weighted by molar-refractivity contribution is 5.42. The Morgan fingerprint density at radius 1 is 1.10 bits per heavy atom. The predicted octanol–water partition coefficient (Wildman–Crippen LogP) is 5.02. The highest BCUT2D eigenvalue weighted by Crippen LogP contribution is 2.31. The molecule has 0 radical (unpaired) electrons. The molecule has 21 heavy (non-hydrogen) atoms. The molecule has 0 amide bonds. The fraction of sp³-hybridized carbons (Fsp3) is 0.368. The number of rotatable bonds is 6. The van der Waals surface area contributed by atoms with Gasteiger partial charge in [-0.25, -0.2) is 0 Å². The van der Waals surface area contributed by atoms with Crippen molar-refractivity contribution in [1.82, 2.24) is 5.32 Å². The van der Waals surface area contributed by atoms with Crippen LogP contribution in [0.15, 0.2) is 42.5 Å². The molecule has 0 bridgehead atoms. The van der Waals surface area contributed by atoms with E-state index >= 15 is 0 Å². The summed E-state index contributed by atoms with van der Waals surface area (Å²) in [5.41, 5.74) is 3.82. The number of hydrogen-bond donors (Lipinski definition) is 1. The van der Waals surface area contributed by atoms with Crippen molar-refractivity contribution >= 4 is 0 Å². The molecule has 2 nitrogen and oxygen atoms in total. The largest absolute Gasteiger partial charge is 0.457 e. The van der Waals surface area contributed by atoms with Crippen molar-refractivity contribution in [1.29, 1.82) is 0 Å². The van der Waals surface area contributed by atoms with Gasteiger partial charge >= 0.3 is 0 Å². The van der Waals surface area contributed by atoms with Crippen molar-refractivity contribution in [3.63, 3.8) is 0 Å². The minimum Gasteiger partial charge on any atom is -0.457 e. The Kier molecular flexibility index (Phi) is 5.40. The average Bonchev–Trinajstić information content (AvgIpc) is 2.47. The molecule has 0 saturated heterocycles. The molecule has 112 valence electrons. The van der Waals surface area contributed by atoms with Crippen molar-refractivity contribution in [2.24, 2.45) is 0 Å². The second-order valence-electron chi connectivity index (χ2n) is 5.66. The Labute approximate surface area is 128 Å². The third-order valence-electron chi connectivity index (χ3n) is 3.65. The zero-order valence-corrected chi connectivity index (χ0v) is 13.4. The van der Waals surface area contributed by atoms with E-state index in [1.165, 1.54) is 16.7 Å². The van der Waals surface area contributed by atoms with Gasteiger partial charge in [-0.1, -0.05) is 45.0 Å². The molecule has 0 fully saturated rings. The van der Waals surface area contributed by atoms with Gasteiger partial charge in [0.15, 0.2) is 0 Å². The molecule has 1 N–H and O–H groups in total. The van der Waals surface area contributed by atoms with E-state index in [9.17, 15) is 0 Å². The first-order valence-electron chi connectivity index (χ1n) is 7.68. The molecule has 0 aliphatic carbocycles. The molecule has 2 aromatic carbocycles. The molecule has 0 unspecified atom stereocenters. The quantitative estimate of drug-likeness (QED) is 0.803. The van der Waals surface area contributed by atoms with E-state index < -0.39 is 0 Å². The smallest absolute Gasteiger partial charge is 0.130 e. The Bertz CT molecular complexity index is 590. The van der Waals surface area contributed by atoms with Gasteiger partial charge in [-0.05, 0) is 54.3 Å². The van der Waals surface area contributed by atoms with Gasteiger partial charge in [0.05, 0.1) is 0 Å². The summed E-state index contributed by atoms with van der Waals surface area (Å²) in [6.45, 7) is 10.5. The van der Waals surface area contributed by atoms with E-state index in [4.69, 9.17) is 4.74 Å². The second kappa shape index (κ2) is 7.28. The van der Waals surface area contributed by atoms with Crippen LogP contribution in [0.3, 0.4) is 0 Å². The predicted molar refractivity (Wildman–Crippen MR) is 89.2 cm³/mol. The molecular formula is C19H25NO. The summed E-state index contributed by atoms with van der Waals surface area (Å²) in [5, 5.41) is 3.36. The van der Waals surface area contributed by atoms with E-state index in [0.717, 1.165) is 24.6 Å². The zero-order chi connectivity index (χ0) is 15.2. The van der Waals surface area contributed by atoms with Gasteiger partial charge < -0.3 is 10.1 Å². The third kappa shape index (κ3) is 4.08. The lowest BCUT2D eigenvalue weighted by Crippen LogP contribution is -2.12. The Balaban J connectivity index is 2.19. The maximum absolute atomic E-state index is 6.09. The molecule has 0 saturated carbocycles. The second-order valence-corrected chi connectivity index (χ2v) is 5.66. The van der Waals surface area contributed by atoms with E-state index in [0.29, 0.717) is 5.92 Å². The fourth-order valence-corrected chi connectivity index (χ4v) is 2.37. The van der Waals surface area contributed by atoms with Crippen LogP contribution in [0.1, 0.15) is 43.4 Å². The van der Waals surface area contributed by atoms with Gasteiger partial charge in [-0.15, -0.1) is 0 Å². The molecule has 2 aromatic rings. The van der Waals surface area contributed by atoms with Crippen LogP contribution in [0.4, 0.5) is 0 Å². The number of benzene rings is 2. The fourth-order valence-electron chi connectivity index (χ4n) is 2.37. The van der Waals surface area contributed by atoms with Crippen LogP contribution in [0.2, 0.25) is 0 Å². The Morgan fingerprint density at radius 2 is 1.86 bits per heavy atom. The highest BCUT2D eigenvalue weighted by Gasteiger charge is 2.08. The van der Waals surface area contributed by atoms with E-state index in [1.54, 1.807) is 0 Å². The van der Waals surface area contributed by atoms with Gasteiger partial charge in [0.1, 0.15) is 11.5 Å². The van der Waals surface area contributed by atoms with Gasteiger partial charge in [-0.2, -0.15) is 0 Å². The van der Waals surface area contributed by atoms with Gasteiger partial charge in [0.2, 0.25) is 0 Å². The topological polar surface area (TPSA) is 21.3 Å². The highest BCUT2D eigenvalue weighted by atomic mass is 16.5. The summed E-state index contributed by atoms with van der Waals surface area (Å²) in [6.07, 6.45) is 0. The third-order valence-corrected chi connectivity index (χ3v) is 3.65. The molecule has 0 aliphatic heterocycles. The maximum Gasteiger partial charge on any atom is 0.130 e. The Hall–Kier alpha value is -1.80. The molecular weight excluding hydrogens is 258 g/mol. The molecule has 0 atom stereocenters. The van der Waals surface area contributed by atoms with Crippen molar-refractivity contribution < 1.29 is 4.74 Å². The minimum atomic E-state index is 0.454. The van der Waals surface area contributed by atoms with Crippen molar-refractivity contribution in [3.8, 4) is 11.5 Å². The summed E-state index contributed by atoms with van der Waals surface area (Å²) >= 11 is 0. The normalized spacial score (nSPS) is 10.9. The first kappa shape index (κ1) is 15.6. The van der Waals surface area contributed by atoms with Gasteiger partial charge in [0, 0.05) is 6.54 Å². The summed E-state index contributed by atoms with van der Waals surface area (Å²) < 4.78 is 6.09. The number of nitrogens with one attached hydrogen (secondary N) is 1. The van der Waals surface area contributed by atoms with Crippen LogP contribution < -0.4 is 10.1 Å². The number of aryl methyl sites for hydroxylation is 1. The van der Waals surface area contributed by atoms with E-state index in [2.05, 4.69) is 63.3 Å². The Morgan fingerprint density at radius 3 is 2.52 bits per heavy atom. The number of hydrogen-bond acceptors (Lipinski definition) is 2.